The summed E-state index contributed by atoms with van der Waals surface area (Å²) in [6.45, 7) is 3.89. The van der Waals surface area contributed by atoms with Crippen molar-refractivity contribution in [3.05, 3.63) is 35.9 Å². The van der Waals surface area contributed by atoms with Crippen LogP contribution in [0.3, 0.4) is 0 Å². The Morgan fingerprint density at radius 2 is 1.88 bits per heavy atom. The van der Waals surface area contributed by atoms with Crippen LogP contribution >= 0.6 is 0 Å². The number of carboxylic acid groups (broad SMARTS) is 1. The number of aldehydes is 1. The molecule has 0 amide bonds. The molecule has 0 aliphatic carbocycles. The summed E-state index contributed by atoms with van der Waals surface area (Å²) in [5, 5.41) is 8.31. The lowest BCUT2D eigenvalue weighted by Crippen LogP contribution is -2.31. The minimum atomic E-state index is -0.913. The normalized spacial score (nSPS) is 11.3. The zero-order valence-electron chi connectivity index (χ0n) is 10.2. The van der Waals surface area contributed by atoms with Crippen molar-refractivity contribution in [1.82, 2.24) is 0 Å². The minimum Gasteiger partial charge on any atom is -0.480 e. The zero-order valence-corrected chi connectivity index (χ0v) is 10.2. The number of benzene rings is 1. The quantitative estimate of drug-likeness (QED) is 0.784. The highest BCUT2D eigenvalue weighted by Crippen LogP contribution is 2.01. The van der Waals surface area contributed by atoms with Crippen molar-refractivity contribution in [2.45, 2.75) is 26.3 Å². The van der Waals surface area contributed by atoms with Crippen LogP contribution in [0, 0.1) is 5.92 Å². The second-order valence-corrected chi connectivity index (χ2v) is 4.10. The zero-order chi connectivity index (χ0) is 13.3. The van der Waals surface area contributed by atoms with Gasteiger partial charge in [0.05, 0.1) is 0 Å². The Labute approximate surface area is 101 Å². The Bertz CT molecular complexity index is 336. The Morgan fingerprint density at radius 3 is 2.12 bits per heavy atom. The smallest absolute Gasteiger partial charge is 0.320 e. The summed E-state index contributed by atoms with van der Waals surface area (Å²) in [6, 6.07) is 8.41. The Morgan fingerprint density at radius 1 is 1.35 bits per heavy atom. The van der Waals surface area contributed by atoms with Gasteiger partial charge in [-0.3, -0.25) is 9.59 Å². The van der Waals surface area contributed by atoms with Crippen molar-refractivity contribution in [3.8, 4) is 0 Å². The summed E-state index contributed by atoms with van der Waals surface area (Å²) >= 11 is 0. The van der Waals surface area contributed by atoms with Crippen LogP contribution in [0.25, 0.3) is 0 Å². The number of hydrogen-bond acceptors (Lipinski definition) is 3. The highest BCUT2D eigenvalue weighted by atomic mass is 16.4. The molecular weight excluding hydrogens is 218 g/mol. The van der Waals surface area contributed by atoms with Crippen molar-refractivity contribution in [1.29, 1.82) is 0 Å². The standard InChI is InChI=1S/C7H6O.C6H13NO2/c8-6-7-4-2-1-3-5-7;1-4(2)3-5(7)6(8)9/h1-6H;4-5H,3,7H2,1-2H3,(H,8,9)/t;5-/m.0/s1. The van der Waals surface area contributed by atoms with E-state index in [1.807, 2.05) is 32.0 Å². The lowest BCUT2D eigenvalue weighted by molar-refractivity contribution is -0.138. The predicted octanol–water partition coefficient (Wildman–Crippen LogP) is 1.94. The van der Waals surface area contributed by atoms with Gasteiger partial charge in [0.25, 0.3) is 0 Å². The third-order valence-electron chi connectivity index (χ3n) is 1.98. The molecule has 0 spiro atoms. The third kappa shape index (κ3) is 8.16. The number of hydrogen-bond donors (Lipinski definition) is 2. The van der Waals surface area contributed by atoms with Gasteiger partial charge in [-0.25, -0.2) is 0 Å². The molecule has 1 atom stereocenters. The molecule has 1 aromatic rings. The van der Waals surface area contributed by atoms with Gasteiger partial charge in [0, 0.05) is 5.56 Å². The molecule has 3 N–H and O–H groups in total. The van der Waals surface area contributed by atoms with Crippen LogP contribution in [0.4, 0.5) is 0 Å². The van der Waals surface area contributed by atoms with Crippen LogP contribution in [0.2, 0.25) is 0 Å². The molecule has 0 heterocycles. The van der Waals surface area contributed by atoms with Gasteiger partial charge in [0.1, 0.15) is 12.3 Å². The van der Waals surface area contributed by atoms with Gasteiger partial charge >= 0.3 is 5.97 Å². The first-order valence-electron chi connectivity index (χ1n) is 5.46. The molecule has 0 saturated heterocycles. The van der Waals surface area contributed by atoms with E-state index in [1.54, 1.807) is 12.1 Å². The molecule has 0 aliphatic heterocycles. The van der Waals surface area contributed by atoms with Crippen LogP contribution in [-0.4, -0.2) is 23.4 Å². The van der Waals surface area contributed by atoms with Crippen molar-refractivity contribution < 1.29 is 14.7 Å². The van der Waals surface area contributed by atoms with E-state index in [4.69, 9.17) is 10.8 Å². The molecule has 0 aliphatic rings. The molecule has 0 fully saturated rings. The summed E-state index contributed by atoms with van der Waals surface area (Å²) in [5.74, 6) is -0.556. The molecule has 4 heteroatoms. The highest BCUT2D eigenvalue weighted by Gasteiger charge is 2.11. The minimum absolute atomic E-state index is 0.357. The van der Waals surface area contributed by atoms with Gasteiger partial charge in [0.15, 0.2) is 0 Å². The maximum Gasteiger partial charge on any atom is 0.320 e. The molecule has 1 rings (SSSR count). The summed E-state index contributed by atoms with van der Waals surface area (Å²) in [7, 11) is 0. The molecule has 4 nitrogen and oxygen atoms in total. The molecule has 0 unspecified atom stereocenters. The average molecular weight is 237 g/mol. The maximum atomic E-state index is 10.1. The number of rotatable bonds is 4. The first-order chi connectivity index (χ1) is 7.97. The summed E-state index contributed by atoms with van der Waals surface area (Å²) in [6.07, 6.45) is 1.38. The molecule has 0 radical (unpaired) electrons. The topological polar surface area (TPSA) is 80.4 Å². The SMILES string of the molecule is CC(C)C[C@H](N)C(=O)O.O=Cc1ccccc1. The second kappa shape index (κ2) is 8.47. The maximum absolute atomic E-state index is 10.1. The number of carbonyl (C=O) groups excluding carboxylic acids is 1. The lowest BCUT2D eigenvalue weighted by atomic mass is 10.1. The molecule has 94 valence electrons. The second-order valence-electron chi connectivity index (χ2n) is 4.10. The fourth-order valence-corrected chi connectivity index (χ4v) is 1.14. The molecule has 17 heavy (non-hydrogen) atoms. The monoisotopic (exact) mass is 237 g/mol. The van der Waals surface area contributed by atoms with Gasteiger partial charge in [-0.05, 0) is 12.3 Å². The van der Waals surface area contributed by atoms with E-state index < -0.39 is 12.0 Å². The van der Waals surface area contributed by atoms with E-state index >= 15 is 0 Å². The van der Waals surface area contributed by atoms with Crippen molar-refractivity contribution in [2.75, 3.05) is 0 Å². The summed E-state index contributed by atoms with van der Waals surface area (Å²) in [5.41, 5.74) is 5.95. The van der Waals surface area contributed by atoms with Crippen molar-refractivity contribution in [3.63, 3.8) is 0 Å². The Hall–Kier alpha value is -1.68. The lowest BCUT2D eigenvalue weighted by Gasteiger charge is -2.07. The molecule has 0 aromatic heterocycles. The average Bonchev–Trinajstić information content (AvgIpc) is 2.30. The van der Waals surface area contributed by atoms with Gasteiger partial charge in [-0.1, -0.05) is 44.2 Å². The van der Waals surface area contributed by atoms with Gasteiger partial charge < -0.3 is 10.8 Å². The molecule has 0 bridgehead atoms. The molecule has 0 saturated carbocycles. The largest absolute Gasteiger partial charge is 0.480 e. The first-order valence-corrected chi connectivity index (χ1v) is 5.46. The highest BCUT2D eigenvalue weighted by molar-refractivity contribution is 5.74. The van der Waals surface area contributed by atoms with Gasteiger partial charge in [0.2, 0.25) is 0 Å². The number of nitrogens with two attached hydrogens (primary N) is 1. The van der Waals surface area contributed by atoms with Crippen LogP contribution in [0.15, 0.2) is 30.3 Å². The van der Waals surface area contributed by atoms with Crippen molar-refractivity contribution >= 4 is 12.3 Å². The van der Waals surface area contributed by atoms with E-state index in [2.05, 4.69) is 0 Å². The molecule has 1 aromatic carbocycles. The van der Waals surface area contributed by atoms with Crippen molar-refractivity contribution in [2.24, 2.45) is 11.7 Å². The fourth-order valence-electron chi connectivity index (χ4n) is 1.14. The van der Waals surface area contributed by atoms with E-state index in [0.717, 1.165) is 11.8 Å². The van der Waals surface area contributed by atoms with Crippen LogP contribution in [0.5, 0.6) is 0 Å². The van der Waals surface area contributed by atoms with E-state index in [0.29, 0.717) is 12.3 Å². The summed E-state index contributed by atoms with van der Waals surface area (Å²) in [4.78, 5) is 20.1. The number of carbonyl (C=O) groups is 2. The van der Waals surface area contributed by atoms with E-state index in [1.165, 1.54) is 0 Å². The Balaban J connectivity index is 0.000000302. The first kappa shape index (κ1) is 15.3. The van der Waals surface area contributed by atoms with Gasteiger partial charge in [-0.15, -0.1) is 0 Å². The van der Waals surface area contributed by atoms with Crippen LogP contribution in [0.1, 0.15) is 30.6 Å². The van der Waals surface area contributed by atoms with Gasteiger partial charge in [-0.2, -0.15) is 0 Å². The molecular formula is C13H19NO3. The van der Waals surface area contributed by atoms with E-state index in [-0.39, 0.29) is 0 Å². The Kier molecular flexibility index (Phi) is 7.63. The van der Waals surface area contributed by atoms with Crippen LogP contribution < -0.4 is 5.73 Å². The van der Waals surface area contributed by atoms with Crippen LogP contribution in [-0.2, 0) is 4.79 Å². The fraction of sp³-hybridized carbons (Fsp3) is 0.385. The number of carboxylic acids is 1. The summed E-state index contributed by atoms with van der Waals surface area (Å²) < 4.78 is 0. The third-order valence-corrected chi connectivity index (χ3v) is 1.98. The van der Waals surface area contributed by atoms with E-state index in [9.17, 15) is 9.59 Å². The predicted molar refractivity (Wildman–Crippen MR) is 66.9 cm³/mol. The number of aliphatic carboxylic acids is 1.